The maximum absolute atomic E-state index is 9.82. The molecule has 0 radical (unpaired) electrons. The second kappa shape index (κ2) is 5.78. The molecule has 1 rings (SSSR count). The summed E-state index contributed by atoms with van der Waals surface area (Å²) in [5, 5.41) is 9.82. The lowest BCUT2D eigenvalue weighted by Crippen LogP contribution is -2.21. The second-order valence-corrected chi connectivity index (χ2v) is 3.45. The highest BCUT2D eigenvalue weighted by molar-refractivity contribution is 5.20. The van der Waals surface area contributed by atoms with Crippen LogP contribution in [-0.2, 0) is 4.74 Å². The van der Waals surface area contributed by atoms with Gasteiger partial charge in [0.25, 0.3) is 0 Å². The number of rotatable bonds is 5. The zero-order valence-corrected chi connectivity index (χ0v) is 8.81. The first-order valence-corrected chi connectivity index (χ1v) is 5.01. The summed E-state index contributed by atoms with van der Waals surface area (Å²) in [5.74, 6) is 0.0891. The summed E-state index contributed by atoms with van der Waals surface area (Å²) < 4.78 is 5.12. The predicted molar refractivity (Wildman–Crippen MR) is 57.4 cm³/mol. The molecule has 0 bridgehead atoms. The molecule has 0 aromatic heterocycles. The quantitative estimate of drug-likeness (QED) is 0.778. The number of benzene rings is 1. The summed E-state index contributed by atoms with van der Waals surface area (Å²) in [6.45, 7) is 2.55. The van der Waals surface area contributed by atoms with E-state index in [1.165, 1.54) is 0 Å². The smallest absolute Gasteiger partial charge is 0.0628 e. The molecule has 0 aliphatic rings. The van der Waals surface area contributed by atoms with E-state index in [-0.39, 0.29) is 12.0 Å². The number of hydrogen-bond acceptors (Lipinski definition) is 2. The summed E-state index contributed by atoms with van der Waals surface area (Å²) in [6.07, 6.45) is 0.431. The van der Waals surface area contributed by atoms with Crippen molar-refractivity contribution < 1.29 is 9.84 Å². The minimum absolute atomic E-state index is 0.0891. The van der Waals surface area contributed by atoms with Crippen LogP contribution in [0.25, 0.3) is 0 Å². The van der Waals surface area contributed by atoms with Gasteiger partial charge in [-0.2, -0.15) is 0 Å². The topological polar surface area (TPSA) is 29.5 Å². The molecule has 1 N–H and O–H groups in total. The highest BCUT2D eigenvalue weighted by atomic mass is 16.5. The van der Waals surface area contributed by atoms with E-state index in [4.69, 9.17) is 4.74 Å². The summed E-state index contributed by atoms with van der Waals surface area (Å²) in [5.41, 5.74) is 1.14. The van der Waals surface area contributed by atoms with Gasteiger partial charge in [0.2, 0.25) is 0 Å². The summed E-state index contributed by atoms with van der Waals surface area (Å²) >= 11 is 0. The van der Waals surface area contributed by atoms with Crippen molar-refractivity contribution in [3.05, 3.63) is 35.9 Å². The van der Waals surface area contributed by atoms with Crippen LogP contribution in [0.15, 0.2) is 30.3 Å². The minimum Gasteiger partial charge on any atom is -0.392 e. The third kappa shape index (κ3) is 2.82. The molecule has 0 aliphatic heterocycles. The molecule has 78 valence electrons. The Bertz CT molecular complexity index is 246. The Labute approximate surface area is 85.5 Å². The van der Waals surface area contributed by atoms with E-state index in [2.05, 4.69) is 0 Å². The second-order valence-electron chi connectivity index (χ2n) is 3.45. The van der Waals surface area contributed by atoms with Gasteiger partial charge in [-0.15, -0.1) is 0 Å². The van der Waals surface area contributed by atoms with Gasteiger partial charge in [0.1, 0.15) is 0 Å². The average molecular weight is 194 g/mol. The molecule has 1 aromatic rings. The predicted octanol–water partition coefficient (Wildman–Crippen LogP) is 2.19. The van der Waals surface area contributed by atoms with Crippen LogP contribution >= 0.6 is 0 Å². The molecule has 1 aromatic carbocycles. The molecule has 0 saturated carbocycles. The number of hydrogen-bond donors (Lipinski definition) is 1. The van der Waals surface area contributed by atoms with Crippen molar-refractivity contribution in [3.63, 3.8) is 0 Å². The number of ether oxygens (including phenoxy) is 1. The summed E-state index contributed by atoms with van der Waals surface area (Å²) in [7, 11) is 1.66. The Kier molecular flexibility index (Phi) is 4.63. The highest BCUT2D eigenvalue weighted by Crippen LogP contribution is 2.21. The zero-order chi connectivity index (χ0) is 10.4. The maximum atomic E-state index is 9.82. The molecule has 0 amide bonds. The molecule has 0 saturated heterocycles. The fraction of sp³-hybridized carbons (Fsp3) is 0.500. The first-order chi connectivity index (χ1) is 6.79. The maximum Gasteiger partial charge on any atom is 0.0628 e. The molecule has 14 heavy (non-hydrogen) atoms. The molecule has 0 aliphatic carbocycles. The molecule has 2 atom stereocenters. The van der Waals surface area contributed by atoms with Crippen molar-refractivity contribution in [2.75, 3.05) is 13.7 Å². The Balaban J connectivity index is 2.77. The van der Waals surface area contributed by atoms with Gasteiger partial charge in [-0.05, 0) is 12.0 Å². The van der Waals surface area contributed by atoms with Crippen molar-refractivity contribution in [2.24, 2.45) is 0 Å². The van der Waals surface area contributed by atoms with Gasteiger partial charge in [-0.1, -0.05) is 37.3 Å². The Morgan fingerprint density at radius 3 is 2.43 bits per heavy atom. The standard InChI is InChI=1S/C12H18O2/c1-3-12(13)11(9-14-2)10-7-5-4-6-8-10/h4-8,11-13H,3,9H2,1-2H3. The number of methoxy groups -OCH3 is 1. The van der Waals surface area contributed by atoms with E-state index < -0.39 is 0 Å². The molecule has 0 spiro atoms. The molecular formula is C12H18O2. The summed E-state index contributed by atoms with van der Waals surface area (Å²) in [4.78, 5) is 0. The van der Waals surface area contributed by atoms with Gasteiger partial charge in [0.05, 0.1) is 12.7 Å². The zero-order valence-electron chi connectivity index (χ0n) is 8.81. The minimum atomic E-state index is -0.322. The molecule has 2 nitrogen and oxygen atoms in total. The van der Waals surface area contributed by atoms with E-state index >= 15 is 0 Å². The fourth-order valence-corrected chi connectivity index (χ4v) is 1.59. The molecule has 0 heterocycles. The Hall–Kier alpha value is -0.860. The van der Waals surface area contributed by atoms with Crippen LogP contribution in [0.2, 0.25) is 0 Å². The molecular weight excluding hydrogens is 176 g/mol. The van der Waals surface area contributed by atoms with Crippen LogP contribution in [0.4, 0.5) is 0 Å². The largest absolute Gasteiger partial charge is 0.392 e. The van der Waals surface area contributed by atoms with Gasteiger partial charge in [0.15, 0.2) is 0 Å². The van der Waals surface area contributed by atoms with Crippen LogP contribution in [0, 0.1) is 0 Å². The van der Waals surface area contributed by atoms with Crippen LogP contribution in [0.3, 0.4) is 0 Å². The monoisotopic (exact) mass is 194 g/mol. The van der Waals surface area contributed by atoms with Gasteiger partial charge in [0, 0.05) is 13.0 Å². The van der Waals surface area contributed by atoms with Gasteiger partial charge >= 0.3 is 0 Å². The lowest BCUT2D eigenvalue weighted by molar-refractivity contribution is 0.0823. The molecule has 2 unspecified atom stereocenters. The molecule has 0 fully saturated rings. The highest BCUT2D eigenvalue weighted by Gasteiger charge is 2.18. The first kappa shape index (κ1) is 11.2. The van der Waals surface area contributed by atoms with Crippen LogP contribution < -0.4 is 0 Å². The Morgan fingerprint density at radius 1 is 1.29 bits per heavy atom. The van der Waals surface area contributed by atoms with Crippen LogP contribution in [0.5, 0.6) is 0 Å². The Morgan fingerprint density at radius 2 is 1.93 bits per heavy atom. The van der Waals surface area contributed by atoms with Gasteiger partial charge in [-0.25, -0.2) is 0 Å². The first-order valence-electron chi connectivity index (χ1n) is 5.01. The third-order valence-electron chi connectivity index (χ3n) is 2.46. The van der Waals surface area contributed by atoms with Crippen molar-refractivity contribution >= 4 is 0 Å². The summed E-state index contributed by atoms with van der Waals surface area (Å²) in [6, 6.07) is 10.0. The normalized spacial score (nSPS) is 15.1. The lowest BCUT2D eigenvalue weighted by Gasteiger charge is -2.21. The average Bonchev–Trinajstić information content (AvgIpc) is 2.26. The van der Waals surface area contributed by atoms with Crippen molar-refractivity contribution in [2.45, 2.75) is 25.4 Å². The number of aliphatic hydroxyl groups excluding tert-OH is 1. The van der Waals surface area contributed by atoms with E-state index in [1.807, 2.05) is 37.3 Å². The fourth-order valence-electron chi connectivity index (χ4n) is 1.59. The lowest BCUT2D eigenvalue weighted by atomic mass is 9.93. The molecule has 2 heteroatoms. The van der Waals surface area contributed by atoms with E-state index in [9.17, 15) is 5.11 Å². The van der Waals surface area contributed by atoms with Crippen molar-refractivity contribution in [1.82, 2.24) is 0 Å². The van der Waals surface area contributed by atoms with E-state index in [0.29, 0.717) is 6.61 Å². The van der Waals surface area contributed by atoms with Gasteiger partial charge in [-0.3, -0.25) is 0 Å². The van der Waals surface area contributed by atoms with Gasteiger partial charge < -0.3 is 9.84 Å². The van der Waals surface area contributed by atoms with Crippen molar-refractivity contribution in [3.8, 4) is 0 Å². The van der Waals surface area contributed by atoms with Crippen LogP contribution in [-0.4, -0.2) is 24.9 Å². The SMILES string of the molecule is CCC(O)C(COC)c1ccccc1. The van der Waals surface area contributed by atoms with E-state index in [1.54, 1.807) is 7.11 Å². The third-order valence-corrected chi connectivity index (χ3v) is 2.46. The van der Waals surface area contributed by atoms with Crippen LogP contribution in [0.1, 0.15) is 24.8 Å². The number of aliphatic hydroxyl groups is 1. The van der Waals surface area contributed by atoms with Crippen molar-refractivity contribution in [1.29, 1.82) is 0 Å². The van der Waals surface area contributed by atoms with E-state index in [0.717, 1.165) is 12.0 Å².